The molecule has 1 amide bonds. The summed E-state index contributed by atoms with van der Waals surface area (Å²) in [5.74, 6) is -0.0199. The van der Waals surface area contributed by atoms with Crippen LogP contribution in [0, 0.1) is 6.92 Å². The monoisotopic (exact) mass is 351 g/mol. The van der Waals surface area contributed by atoms with Gasteiger partial charge in [0.05, 0.1) is 15.2 Å². The maximum Gasteiger partial charge on any atom is 0.224 e. The fraction of sp³-hybridized carbons (Fsp3) is 0.188. The van der Waals surface area contributed by atoms with Crippen LogP contribution < -0.4 is 5.32 Å². The summed E-state index contributed by atoms with van der Waals surface area (Å²) < 4.78 is 0.713. The van der Waals surface area contributed by atoms with Crippen LogP contribution in [0.3, 0.4) is 0 Å². The Morgan fingerprint density at radius 3 is 2.60 bits per heavy atom. The minimum Gasteiger partial charge on any atom is -0.325 e. The molecule has 0 bridgehead atoms. The van der Waals surface area contributed by atoms with E-state index in [0.717, 1.165) is 12.0 Å². The first-order chi connectivity index (χ1) is 9.56. The standard InChI is InChI=1S/C16H15BrClNO/c1-11-5-7-12(8-6-11)9-10-15(20)19-14-4-2-3-13(18)16(14)17/h2-8H,9-10H2,1H3,(H,19,20). The van der Waals surface area contributed by atoms with Gasteiger partial charge in [0.15, 0.2) is 0 Å². The molecule has 0 aromatic heterocycles. The minimum absolute atomic E-state index is 0.0199. The lowest BCUT2D eigenvalue weighted by Gasteiger charge is -2.08. The van der Waals surface area contributed by atoms with Gasteiger partial charge >= 0.3 is 0 Å². The van der Waals surface area contributed by atoms with E-state index in [4.69, 9.17) is 11.6 Å². The Hall–Kier alpha value is -1.32. The zero-order valence-corrected chi connectivity index (χ0v) is 13.5. The SMILES string of the molecule is Cc1ccc(CCC(=O)Nc2cccc(Cl)c2Br)cc1. The first-order valence-electron chi connectivity index (χ1n) is 6.35. The van der Waals surface area contributed by atoms with Crippen LogP contribution in [0.4, 0.5) is 5.69 Å². The molecule has 2 aromatic rings. The molecule has 0 radical (unpaired) electrons. The fourth-order valence-corrected chi connectivity index (χ4v) is 2.36. The summed E-state index contributed by atoms with van der Waals surface area (Å²) in [5.41, 5.74) is 3.09. The van der Waals surface area contributed by atoms with E-state index in [0.29, 0.717) is 21.6 Å². The molecule has 2 aromatic carbocycles. The van der Waals surface area contributed by atoms with Gasteiger partial charge in [0.2, 0.25) is 5.91 Å². The molecule has 2 rings (SSSR count). The number of aryl methyl sites for hydroxylation is 2. The second-order valence-electron chi connectivity index (χ2n) is 4.64. The van der Waals surface area contributed by atoms with Crippen LogP contribution in [-0.4, -0.2) is 5.91 Å². The molecule has 0 saturated heterocycles. The van der Waals surface area contributed by atoms with Gasteiger partial charge in [0.1, 0.15) is 0 Å². The molecule has 0 saturated carbocycles. The zero-order chi connectivity index (χ0) is 14.5. The number of carbonyl (C=O) groups is 1. The zero-order valence-electron chi connectivity index (χ0n) is 11.1. The fourth-order valence-electron chi connectivity index (χ4n) is 1.83. The first kappa shape index (κ1) is 15.1. The van der Waals surface area contributed by atoms with Crippen LogP contribution in [0.15, 0.2) is 46.9 Å². The number of amides is 1. The normalized spacial score (nSPS) is 10.3. The number of rotatable bonds is 4. The quantitative estimate of drug-likeness (QED) is 0.826. The maximum atomic E-state index is 11.9. The lowest BCUT2D eigenvalue weighted by Crippen LogP contribution is -2.12. The molecular weight excluding hydrogens is 338 g/mol. The topological polar surface area (TPSA) is 29.1 Å². The Balaban J connectivity index is 1.92. The van der Waals surface area contributed by atoms with E-state index < -0.39 is 0 Å². The summed E-state index contributed by atoms with van der Waals surface area (Å²) in [4.78, 5) is 11.9. The third-order valence-electron chi connectivity index (χ3n) is 2.99. The van der Waals surface area contributed by atoms with Crippen LogP contribution in [0.1, 0.15) is 17.5 Å². The minimum atomic E-state index is -0.0199. The molecular formula is C16H15BrClNO. The summed E-state index contributed by atoms with van der Waals surface area (Å²) in [6, 6.07) is 13.6. The van der Waals surface area contributed by atoms with Crippen molar-refractivity contribution in [2.45, 2.75) is 19.8 Å². The van der Waals surface area contributed by atoms with Crippen molar-refractivity contribution in [3.63, 3.8) is 0 Å². The summed E-state index contributed by atoms with van der Waals surface area (Å²) in [6.45, 7) is 2.05. The predicted octanol–water partition coefficient (Wildman–Crippen LogP) is 4.98. The molecule has 0 fully saturated rings. The van der Waals surface area contributed by atoms with E-state index in [2.05, 4.69) is 45.5 Å². The highest BCUT2D eigenvalue weighted by atomic mass is 79.9. The second kappa shape index (κ2) is 6.91. The Bertz CT molecular complexity index is 610. The second-order valence-corrected chi connectivity index (χ2v) is 5.84. The molecule has 0 atom stereocenters. The molecule has 20 heavy (non-hydrogen) atoms. The Kier molecular flexibility index (Phi) is 5.21. The average molecular weight is 353 g/mol. The lowest BCUT2D eigenvalue weighted by molar-refractivity contribution is -0.116. The molecule has 1 N–H and O–H groups in total. The van der Waals surface area contributed by atoms with Crippen molar-refractivity contribution in [2.75, 3.05) is 5.32 Å². The summed E-state index contributed by atoms with van der Waals surface area (Å²) in [6.07, 6.45) is 1.17. The van der Waals surface area contributed by atoms with Crippen LogP contribution in [0.25, 0.3) is 0 Å². The van der Waals surface area contributed by atoms with Crippen molar-refractivity contribution in [2.24, 2.45) is 0 Å². The van der Waals surface area contributed by atoms with Crippen molar-refractivity contribution in [1.82, 2.24) is 0 Å². The van der Waals surface area contributed by atoms with E-state index in [9.17, 15) is 4.79 Å². The number of benzene rings is 2. The molecule has 0 spiro atoms. The third-order valence-corrected chi connectivity index (χ3v) is 4.38. The number of hydrogen-bond donors (Lipinski definition) is 1. The van der Waals surface area contributed by atoms with Gasteiger partial charge in [-0.2, -0.15) is 0 Å². The smallest absolute Gasteiger partial charge is 0.224 e. The van der Waals surface area contributed by atoms with Crippen molar-refractivity contribution >= 4 is 39.1 Å². The molecule has 0 unspecified atom stereocenters. The Morgan fingerprint density at radius 1 is 1.20 bits per heavy atom. The number of anilines is 1. The van der Waals surface area contributed by atoms with Gasteiger partial charge in [-0.25, -0.2) is 0 Å². The van der Waals surface area contributed by atoms with Crippen LogP contribution >= 0.6 is 27.5 Å². The van der Waals surface area contributed by atoms with Crippen molar-refractivity contribution < 1.29 is 4.79 Å². The Labute approximate surface area is 132 Å². The number of halogens is 2. The van der Waals surface area contributed by atoms with E-state index in [1.807, 2.05) is 19.1 Å². The molecule has 2 nitrogen and oxygen atoms in total. The van der Waals surface area contributed by atoms with Gasteiger partial charge in [-0.15, -0.1) is 0 Å². The van der Waals surface area contributed by atoms with Crippen molar-refractivity contribution in [1.29, 1.82) is 0 Å². The predicted molar refractivity (Wildman–Crippen MR) is 87.3 cm³/mol. The van der Waals surface area contributed by atoms with Gasteiger partial charge in [-0.3, -0.25) is 4.79 Å². The van der Waals surface area contributed by atoms with Gasteiger partial charge in [0.25, 0.3) is 0 Å². The van der Waals surface area contributed by atoms with Crippen molar-refractivity contribution in [3.05, 3.63) is 63.1 Å². The molecule has 4 heteroatoms. The Morgan fingerprint density at radius 2 is 1.90 bits per heavy atom. The van der Waals surface area contributed by atoms with Gasteiger partial charge < -0.3 is 5.32 Å². The van der Waals surface area contributed by atoms with E-state index in [1.54, 1.807) is 6.07 Å². The highest BCUT2D eigenvalue weighted by Gasteiger charge is 2.08. The highest BCUT2D eigenvalue weighted by molar-refractivity contribution is 9.10. The molecule has 0 heterocycles. The van der Waals surface area contributed by atoms with Crippen LogP contribution in [-0.2, 0) is 11.2 Å². The molecule has 104 valence electrons. The number of nitrogens with one attached hydrogen (secondary N) is 1. The summed E-state index contributed by atoms with van der Waals surface area (Å²) >= 11 is 9.35. The summed E-state index contributed by atoms with van der Waals surface area (Å²) in [5, 5.41) is 3.45. The van der Waals surface area contributed by atoms with E-state index in [1.165, 1.54) is 5.56 Å². The lowest BCUT2D eigenvalue weighted by atomic mass is 10.1. The third kappa shape index (κ3) is 4.09. The van der Waals surface area contributed by atoms with E-state index >= 15 is 0 Å². The van der Waals surface area contributed by atoms with Gasteiger partial charge in [-0.1, -0.05) is 47.5 Å². The first-order valence-corrected chi connectivity index (χ1v) is 7.53. The van der Waals surface area contributed by atoms with Crippen molar-refractivity contribution in [3.8, 4) is 0 Å². The van der Waals surface area contributed by atoms with Gasteiger partial charge in [0, 0.05) is 6.42 Å². The number of hydrogen-bond acceptors (Lipinski definition) is 1. The molecule has 0 aliphatic heterocycles. The largest absolute Gasteiger partial charge is 0.325 e. The number of carbonyl (C=O) groups excluding carboxylic acids is 1. The molecule has 0 aliphatic rings. The van der Waals surface area contributed by atoms with E-state index in [-0.39, 0.29) is 5.91 Å². The average Bonchev–Trinajstić information content (AvgIpc) is 2.43. The van der Waals surface area contributed by atoms with Crippen LogP contribution in [0.2, 0.25) is 5.02 Å². The summed E-state index contributed by atoms with van der Waals surface area (Å²) in [7, 11) is 0. The highest BCUT2D eigenvalue weighted by Crippen LogP contribution is 2.30. The molecule has 0 aliphatic carbocycles. The van der Waals surface area contributed by atoms with Crippen LogP contribution in [0.5, 0.6) is 0 Å². The van der Waals surface area contributed by atoms with Gasteiger partial charge in [-0.05, 0) is 47.0 Å². The maximum absolute atomic E-state index is 11.9.